The molecule has 0 atom stereocenters. The quantitative estimate of drug-likeness (QED) is 0.449. The van der Waals surface area contributed by atoms with Crippen LogP contribution in [0.3, 0.4) is 0 Å². The fourth-order valence-electron chi connectivity index (χ4n) is 1.89. The number of hydrogen-bond donors (Lipinski definition) is 1. The Morgan fingerprint density at radius 3 is 2.53 bits per heavy atom. The van der Waals surface area contributed by atoms with Crippen molar-refractivity contribution in [3.63, 3.8) is 0 Å². The van der Waals surface area contributed by atoms with Gasteiger partial charge in [-0.1, -0.05) is 30.3 Å². The number of thioether (sulfide) groups is 1. The van der Waals surface area contributed by atoms with Crippen LogP contribution in [0, 0.1) is 0 Å². The van der Waals surface area contributed by atoms with Crippen molar-refractivity contribution in [2.24, 2.45) is 0 Å². The number of unbranched alkanes of at least 4 members (excludes halogenated alkanes) is 1. The predicted octanol–water partition coefficient (Wildman–Crippen LogP) is 5.15. The summed E-state index contributed by atoms with van der Waals surface area (Å²) in [6.07, 6.45) is 3.64. The highest BCUT2D eigenvalue weighted by Crippen LogP contribution is 2.29. The molecule has 100 valence electrons. The molecule has 3 heteroatoms. The summed E-state index contributed by atoms with van der Waals surface area (Å²) in [6, 6.07) is 16.7. The summed E-state index contributed by atoms with van der Waals surface area (Å²) < 4.78 is 1.10. The van der Waals surface area contributed by atoms with Crippen LogP contribution in [0.5, 0.6) is 0 Å². The lowest BCUT2D eigenvalue weighted by Gasteiger charge is -2.05. The summed E-state index contributed by atoms with van der Waals surface area (Å²) in [6.45, 7) is 0. The first-order valence-corrected chi connectivity index (χ1v) is 8.25. The summed E-state index contributed by atoms with van der Waals surface area (Å²) in [5, 5.41) is 0. The van der Waals surface area contributed by atoms with E-state index in [4.69, 9.17) is 5.73 Å². The Balaban J connectivity index is 1.69. The molecule has 0 aliphatic rings. The molecule has 2 aromatic rings. The number of aryl methyl sites for hydroxylation is 1. The molecule has 0 radical (unpaired) electrons. The zero-order chi connectivity index (χ0) is 13.5. The van der Waals surface area contributed by atoms with E-state index in [-0.39, 0.29) is 0 Å². The van der Waals surface area contributed by atoms with Gasteiger partial charge in [0.1, 0.15) is 0 Å². The number of nitrogen functional groups attached to an aromatic ring is 1. The fourth-order valence-corrected chi connectivity index (χ4v) is 3.56. The number of hydrogen-bond acceptors (Lipinski definition) is 2. The van der Waals surface area contributed by atoms with Crippen LogP contribution in [0.4, 0.5) is 5.69 Å². The zero-order valence-corrected chi connectivity index (χ0v) is 13.2. The van der Waals surface area contributed by atoms with Crippen molar-refractivity contribution < 1.29 is 0 Å². The molecule has 0 heterocycles. The number of benzene rings is 2. The molecule has 0 aliphatic heterocycles. The largest absolute Gasteiger partial charge is 0.399 e. The van der Waals surface area contributed by atoms with Crippen molar-refractivity contribution in [2.45, 2.75) is 24.2 Å². The molecule has 0 saturated carbocycles. The van der Waals surface area contributed by atoms with Gasteiger partial charge in [-0.05, 0) is 64.7 Å². The van der Waals surface area contributed by atoms with Crippen LogP contribution in [0.15, 0.2) is 57.9 Å². The van der Waals surface area contributed by atoms with Gasteiger partial charge in [0.25, 0.3) is 0 Å². The molecule has 2 N–H and O–H groups in total. The predicted molar refractivity (Wildman–Crippen MR) is 88.7 cm³/mol. The Morgan fingerprint density at radius 2 is 1.79 bits per heavy atom. The summed E-state index contributed by atoms with van der Waals surface area (Å²) in [5.74, 6) is 1.15. The number of halogens is 1. The molecule has 1 nitrogen and oxygen atoms in total. The molecule has 0 unspecified atom stereocenters. The molecule has 0 amide bonds. The maximum absolute atomic E-state index is 5.73. The van der Waals surface area contributed by atoms with Gasteiger partial charge in [0.2, 0.25) is 0 Å². The molecule has 2 aromatic carbocycles. The third-order valence-electron chi connectivity index (χ3n) is 2.92. The van der Waals surface area contributed by atoms with Gasteiger partial charge in [-0.15, -0.1) is 11.8 Å². The van der Waals surface area contributed by atoms with E-state index in [9.17, 15) is 0 Å². The fraction of sp³-hybridized carbons (Fsp3) is 0.250. The average molecular weight is 336 g/mol. The van der Waals surface area contributed by atoms with E-state index in [1.807, 2.05) is 23.9 Å². The van der Waals surface area contributed by atoms with Gasteiger partial charge in [-0.3, -0.25) is 0 Å². The van der Waals surface area contributed by atoms with E-state index in [0.29, 0.717) is 0 Å². The number of anilines is 1. The van der Waals surface area contributed by atoms with E-state index in [1.54, 1.807) is 0 Å². The molecule has 0 spiro atoms. The monoisotopic (exact) mass is 335 g/mol. The molecule has 0 aliphatic carbocycles. The molecule has 0 fully saturated rings. The van der Waals surface area contributed by atoms with E-state index in [2.05, 4.69) is 52.3 Å². The lowest BCUT2D eigenvalue weighted by molar-refractivity contribution is 0.802. The third-order valence-corrected chi connectivity index (χ3v) is 4.99. The maximum atomic E-state index is 5.73. The smallest absolute Gasteiger partial charge is 0.0331 e. The van der Waals surface area contributed by atoms with Gasteiger partial charge in [0, 0.05) is 15.1 Å². The van der Waals surface area contributed by atoms with Crippen molar-refractivity contribution in [2.75, 3.05) is 11.5 Å². The number of nitrogens with two attached hydrogens (primary N) is 1. The zero-order valence-electron chi connectivity index (χ0n) is 10.8. The first-order chi connectivity index (χ1) is 9.25. The van der Waals surface area contributed by atoms with E-state index in [1.165, 1.54) is 29.7 Å². The Kier molecular flexibility index (Phi) is 5.80. The van der Waals surface area contributed by atoms with Crippen molar-refractivity contribution >= 4 is 33.4 Å². The van der Waals surface area contributed by atoms with Crippen LogP contribution < -0.4 is 5.73 Å². The van der Waals surface area contributed by atoms with Crippen LogP contribution in [-0.2, 0) is 6.42 Å². The van der Waals surface area contributed by atoms with Crippen LogP contribution in [0.25, 0.3) is 0 Å². The van der Waals surface area contributed by atoms with Gasteiger partial charge in [-0.2, -0.15) is 0 Å². The number of rotatable bonds is 6. The minimum absolute atomic E-state index is 0.806. The highest BCUT2D eigenvalue weighted by molar-refractivity contribution is 9.10. The average Bonchev–Trinajstić information content (AvgIpc) is 2.42. The Bertz CT molecular complexity index is 513. The van der Waals surface area contributed by atoms with Crippen molar-refractivity contribution in [3.8, 4) is 0 Å². The SMILES string of the molecule is Nc1ccc(SCCCCc2ccccc2)c(Br)c1. The third kappa shape index (κ3) is 4.92. The Morgan fingerprint density at radius 1 is 1.00 bits per heavy atom. The molecule has 2 rings (SSSR count). The topological polar surface area (TPSA) is 26.0 Å². The first-order valence-electron chi connectivity index (χ1n) is 6.47. The van der Waals surface area contributed by atoms with E-state index in [0.717, 1.165) is 15.9 Å². The van der Waals surface area contributed by atoms with Crippen LogP contribution in [0.1, 0.15) is 18.4 Å². The standard InChI is InChI=1S/C16H18BrNS/c17-15-12-14(18)9-10-16(15)19-11-5-4-8-13-6-2-1-3-7-13/h1-3,6-7,9-10,12H,4-5,8,11,18H2. The van der Waals surface area contributed by atoms with Crippen LogP contribution in [0.2, 0.25) is 0 Å². The molecule has 0 bridgehead atoms. The molecule has 19 heavy (non-hydrogen) atoms. The van der Waals surface area contributed by atoms with E-state index < -0.39 is 0 Å². The lowest BCUT2D eigenvalue weighted by atomic mass is 10.1. The highest BCUT2D eigenvalue weighted by atomic mass is 79.9. The first kappa shape index (κ1) is 14.5. The van der Waals surface area contributed by atoms with Gasteiger partial charge in [-0.25, -0.2) is 0 Å². The normalized spacial score (nSPS) is 10.6. The minimum atomic E-state index is 0.806. The molecule has 0 saturated heterocycles. The minimum Gasteiger partial charge on any atom is -0.399 e. The highest BCUT2D eigenvalue weighted by Gasteiger charge is 2.01. The summed E-state index contributed by atoms with van der Waals surface area (Å²) in [7, 11) is 0. The van der Waals surface area contributed by atoms with Gasteiger partial charge >= 0.3 is 0 Å². The second-order valence-electron chi connectivity index (χ2n) is 4.48. The van der Waals surface area contributed by atoms with Gasteiger partial charge < -0.3 is 5.73 Å². The molecular formula is C16H18BrNS. The van der Waals surface area contributed by atoms with Crippen molar-refractivity contribution in [1.29, 1.82) is 0 Å². The van der Waals surface area contributed by atoms with Crippen LogP contribution >= 0.6 is 27.7 Å². The molecular weight excluding hydrogens is 318 g/mol. The summed E-state index contributed by atoms with van der Waals surface area (Å²) in [5.41, 5.74) is 7.97. The van der Waals surface area contributed by atoms with Gasteiger partial charge in [0.15, 0.2) is 0 Å². The lowest BCUT2D eigenvalue weighted by Crippen LogP contribution is -1.88. The van der Waals surface area contributed by atoms with Crippen molar-refractivity contribution in [1.82, 2.24) is 0 Å². The van der Waals surface area contributed by atoms with Crippen LogP contribution in [-0.4, -0.2) is 5.75 Å². The Labute approximate surface area is 127 Å². The maximum Gasteiger partial charge on any atom is 0.0331 e. The van der Waals surface area contributed by atoms with Gasteiger partial charge in [0.05, 0.1) is 0 Å². The molecule has 0 aromatic heterocycles. The van der Waals surface area contributed by atoms with Crippen molar-refractivity contribution in [3.05, 3.63) is 58.6 Å². The Hall–Kier alpha value is -0.930. The van der Waals surface area contributed by atoms with E-state index >= 15 is 0 Å². The summed E-state index contributed by atoms with van der Waals surface area (Å²) >= 11 is 5.44. The summed E-state index contributed by atoms with van der Waals surface area (Å²) in [4.78, 5) is 1.27. The second-order valence-corrected chi connectivity index (χ2v) is 6.47. The second kappa shape index (κ2) is 7.61.